The number of likely N-dealkylation sites (tertiary alicyclic amines) is 1. The SMILES string of the molecule is NC1(C(F)(F)F)CCN(C(=O)OCc2ccccc2)CC1. The number of carbonyl (C=O) groups is 1. The second kappa shape index (κ2) is 5.93. The van der Waals surface area contributed by atoms with Crippen LogP contribution in [-0.2, 0) is 11.3 Å². The lowest BCUT2D eigenvalue weighted by Gasteiger charge is -2.39. The van der Waals surface area contributed by atoms with E-state index < -0.39 is 17.8 Å². The lowest BCUT2D eigenvalue weighted by atomic mass is 9.88. The van der Waals surface area contributed by atoms with Gasteiger partial charge in [-0.15, -0.1) is 0 Å². The predicted octanol–water partition coefficient (Wildman–Crippen LogP) is 2.68. The van der Waals surface area contributed by atoms with Gasteiger partial charge in [0.2, 0.25) is 0 Å². The van der Waals surface area contributed by atoms with E-state index in [4.69, 9.17) is 10.5 Å². The van der Waals surface area contributed by atoms with Crippen molar-refractivity contribution < 1.29 is 22.7 Å². The molecule has 0 unspecified atom stereocenters. The maximum Gasteiger partial charge on any atom is 0.410 e. The highest BCUT2D eigenvalue weighted by Crippen LogP contribution is 2.36. The summed E-state index contributed by atoms with van der Waals surface area (Å²) in [5, 5.41) is 0. The topological polar surface area (TPSA) is 55.6 Å². The minimum absolute atomic E-state index is 0.0520. The van der Waals surface area contributed by atoms with E-state index >= 15 is 0 Å². The number of carbonyl (C=O) groups excluding carboxylic acids is 1. The Labute approximate surface area is 120 Å². The van der Waals surface area contributed by atoms with Crippen LogP contribution >= 0.6 is 0 Å². The van der Waals surface area contributed by atoms with Crippen molar-refractivity contribution in [2.24, 2.45) is 5.73 Å². The van der Waals surface area contributed by atoms with Crippen molar-refractivity contribution in [3.63, 3.8) is 0 Å². The second-order valence-electron chi connectivity index (χ2n) is 5.18. The van der Waals surface area contributed by atoms with E-state index in [0.717, 1.165) is 5.56 Å². The number of benzene rings is 1. The molecule has 0 atom stereocenters. The maximum atomic E-state index is 12.8. The summed E-state index contributed by atoms with van der Waals surface area (Å²) < 4.78 is 43.4. The van der Waals surface area contributed by atoms with Crippen molar-refractivity contribution >= 4 is 6.09 Å². The highest BCUT2D eigenvalue weighted by molar-refractivity contribution is 5.67. The molecule has 1 saturated heterocycles. The predicted molar refractivity (Wildman–Crippen MR) is 70.4 cm³/mol. The van der Waals surface area contributed by atoms with Gasteiger partial charge in [-0.3, -0.25) is 0 Å². The Hall–Kier alpha value is -1.76. The van der Waals surface area contributed by atoms with Crippen LogP contribution in [0.5, 0.6) is 0 Å². The molecule has 2 N–H and O–H groups in total. The molecular formula is C14H17F3N2O2. The molecule has 1 aliphatic heterocycles. The summed E-state index contributed by atoms with van der Waals surface area (Å²) in [7, 11) is 0. The van der Waals surface area contributed by atoms with Crippen LogP contribution in [0.15, 0.2) is 30.3 Å². The molecule has 1 fully saturated rings. The Morgan fingerprint density at radius 2 is 1.81 bits per heavy atom. The molecule has 0 aliphatic carbocycles. The van der Waals surface area contributed by atoms with Gasteiger partial charge in [0.25, 0.3) is 0 Å². The molecular weight excluding hydrogens is 285 g/mol. The highest BCUT2D eigenvalue weighted by atomic mass is 19.4. The summed E-state index contributed by atoms with van der Waals surface area (Å²) in [5.41, 5.74) is 3.98. The molecule has 7 heteroatoms. The van der Waals surface area contributed by atoms with E-state index in [0.29, 0.717) is 0 Å². The van der Waals surface area contributed by atoms with Crippen LogP contribution in [0, 0.1) is 0 Å². The molecule has 116 valence electrons. The van der Waals surface area contributed by atoms with Crippen LogP contribution in [0.2, 0.25) is 0 Å². The average Bonchev–Trinajstić information content (AvgIpc) is 2.45. The fourth-order valence-corrected chi connectivity index (χ4v) is 2.18. The van der Waals surface area contributed by atoms with Crippen molar-refractivity contribution in [1.82, 2.24) is 4.90 Å². The largest absolute Gasteiger partial charge is 0.445 e. The molecule has 0 spiro atoms. The van der Waals surface area contributed by atoms with Crippen LogP contribution < -0.4 is 5.73 Å². The first-order valence-electron chi connectivity index (χ1n) is 6.63. The monoisotopic (exact) mass is 302 g/mol. The number of nitrogens with two attached hydrogens (primary N) is 1. The molecule has 2 rings (SSSR count). The van der Waals surface area contributed by atoms with Gasteiger partial charge in [0.05, 0.1) is 0 Å². The summed E-state index contributed by atoms with van der Waals surface area (Å²) in [6, 6.07) is 9.08. The first-order chi connectivity index (χ1) is 9.82. The standard InChI is InChI=1S/C14H17F3N2O2/c15-14(16,17)13(18)6-8-19(9-7-13)12(20)21-10-11-4-2-1-3-5-11/h1-5H,6-10,18H2. The van der Waals surface area contributed by atoms with Gasteiger partial charge in [-0.25, -0.2) is 4.79 Å². The zero-order chi connectivity index (χ0) is 15.5. The lowest BCUT2D eigenvalue weighted by molar-refractivity contribution is -0.196. The molecule has 21 heavy (non-hydrogen) atoms. The van der Waals surface area contributed by atoms with E-state index in [1.165, 1.54) is 4.90 Å². The molecule has 1 aromatic carbocycles. The molecule has 0 saturated carbocycles. The number of alkyl halides is 3. The minimum Gasteiger partial charge on any atom is -0.445 e. The Kier molecular flexibility index (Phi) is 4.41. The summed E-state index contributed by atoms with van der Waals surface area (Å²) in [5.74, 6) is 0. The van der Waals surface area contributed by atoms with Gasteiger partial charge in [0.1, 0.15) is 12.1 Å². The van der Waals surface area contributed by atoms with Crippen molar-refractivity contribution in [2.75, 3.05) is 13.1 Å². The van der Waals surface area contributed by atoms with Crippen molar-refractivity contribution in [2.45, 2.75) is 31.2 Å². The summed E-state index contributed by atoms with van der Waals surface area (Å²) in [4.78, 5) is 13.1. The maximum absolute atomic E-state index is 12.8. The molecule has 0 bridgehead atoms. The van der Waals surface area contributed by atoms with E-state index in [-0.39, 0.29) is 32.5 Å². The Balaban J connectivity index is 1.84. The van der Waals surface area contributed by atoms with Crippen molar-refractivity contribution in [3.8, 4) is 0 Å². The number of hydrogen-bond donors (Lipinski definition) is 1. The van der Waals surface area contributed by atoms with Crippen LogP contribution in [0.4, 0.5) is 18.0 Å². The molecule has 1 heterocycles. The third kappa shape index (κ3) is 3.66. The average molecular weight is 302 g/mol. The van der Waals surface area contributed by atoms with Gasteiger partial charge in [0, 0.05) is 13.1 Å². The summed E-state index contributed by atoms with van der Waals surface area (Å²) in [6.07, 6.45) is -5.68. The summed E-state index contributed by atoms with van der Waals surface area (Å²) in [6.45, 7) is -0.00349. The molecule has 0 radical (unpaired) electrons. The van der Waals surface area contributed by atoms with Gasteiger partial charge in [-0.2, -0.15) is 13.2 Å². The Morgan fingerprint density at radius 1 is 1.24 bits per heavy atom. The highest BCUT2D eigenvalue weighted by Gasteiger charge is 2.53. The van der Waals surface area contributed by atoms with E-state index in [2.05, 4.69) is 0 Å². The number of piperidine rings is 1. The van der Waals surface area contributed by atoms with E-state index in [9.17, 15) is 18.0 Å². The minimum atomic E-state index is -4.45. The third-order valence-electron chi connectivity index (χ3n) is 3.68. The normalized spacial score (nSPS) is 18.4. The van der Waals surface area contributed by atoms with Gasteiger partial charge < -0.3 is 15.4 Å². The van der Waals surface area contributed by atoms with Crippen molar-refractivity contribution in [1.29, 1.82) is 0 Å². The molecule has 0 aromatic heterocycles. The van der Waals surface area contributed by atoms with E-state index in [1.54, 1.807) is 12.1 Å². The first kappa shape index (κ1) is 15.6. The molecule has 4 nitrogen and oxygen atoms in total. The number of nitrogens with zero attached hydrogens (tertiary/aromatic N) is 1. The zero-order valence-corrected chi connectivity index (χ0v) is 11.4. The number of amides is 1. The number of halogens is 3. The first-order valence-corrected chi connectivity index (χ1v) is 6.63. The molecule has 1 aromatic rings. The molecule has 1 amide bonds. The van der Waals surface area contributed by atoms with E-state index in [1.807, 2.05) is 18.2 Å². The fraction of sp³-hybridized carbons (Fsp3) is 0.500. The van der Waals surface area contributed by atoms with Crippen molar-refractivity contribution in [3.05, 3.63) is 35.9 Å². The van der Waals surface area contributed by atoms with Crippen LogP contribution in [0.1, 0.15) is 18.4 Å². The quantitative estimate of drug-likeness (QED) is 0.914. The second-order valence-corrected chi connectivity index (χ2v) is 5.18. The fourth-order valence-electron chi connectivity index (χ4n) is 2.18. The number of hydrogen-bond acceptors (Lipinski definition) is 3. The van der Waals surface area contributed by atoms with Gasteiger partial charge in [0.15, 0.2) is 0 Å². The van der Waals surface area contributed by atoms with Gasteiger partial charge in [-0.05, 0) is 18.4 Å². The van der Waals surface area contributed by atoms with Crippen LogP contribution in [-0.4, -0.2) is 35.8 Å². The number of ether oxygens (including phenoxy) is 1. The van der Waals surface area contributed by atoms with Crippen LogP contribution in [0.3, 0.4) is 0 Å². The third-order valence-corrected chi connectivity index (χ3v) is 3.68. The molecule has 1 aliphatic rings. The summed E-state index contributed by atoms with van der Waals surface area (Å²) >= 11 is 0. The van der Waals surface area contributed by atoms with Crippen LogP contribution in [0.25, 0.3) is 0 Å². The lowest BCUT2D eigenvalue weighted by Crippen LogP contribution is -2.60. The van der Waals surface area contributed by atoms with Gasteiger partial charge >= 0.3 is 12.3 Å². The number of rotatable bonds is 2. The van der Waals surface area contributed by atoms with Gasteiger partial charge in [-0.1, -0.05) is 30.3 Å². The zero-order valence-electron chi connectivity index (χ0n) is 11.4. The smallest absolute Gasteiger partial charge is 0.410 e. The Morgan fingerprint density at radius 3 is 2.33 bits per heavy atom. The Bertz CT molecular complexity index is 483.